The number of hydrogen-bond acceptors (Lipinski definition) is 4. The molecule has 1 aromatic rings. The summed E-state index contributed by atoms with van der Waals surface area (Å²) in [6, 6.07) is 6.62. The van der Waals surface area contributed by atoms with Crippen molar-refractivity contribution >= 4 is 5.97 Å². The van der Waals surface area contributed by atoms with Gasteiger partial charge < -0.3 is 14.6 Å². The van der Waals surface area contributed by atoms with E-state index >= 15 is 0 Å². The van der Waals surface area contributed by atoms with Crippen LogP contribution in [0.3, 0.4) is 0 Å². The first-order valence-corrected chi connectivity index (χ1v) is 5.72. The smallest absolute Gasteiger partial charge is 0.325 e. The van der Waals surface area contributed by atoms with Crippen LogP contribution in [-0.2, 0) is 20.9 Å². The van der Waals surface area contributed by atoms with Crippen LogP contribution in [0.5, 0.6) is 0 Å². The number of carbonyl (C=O) groups is 1. The second kappa shape index (κ2) is 7.81. The molecule has 1 rings (SSSR count). The summed E-state index contributed by atoms with van der Waals surface area (Å²) in [5.41, 5.74) is 1.74. The number of nitrogens with one attached hydrogen (secondary N) is 1. The molecule has 0 aliphatic carbocycles. The number of benzene rings is 1. The molecule has 100 valence electrons. The topological polar surface area (TPSA) is 67.8 Å². The van der Waals surface area contributed by atoms with Crippen molar-refractivity contribution < 1.29 is 19.4 Å². The molecule has 0 aliphatic heterocycles. The lowest BCUT2D eigenvalue weighted by molar-refractivity contribution is -0.139. The normalized spacial score (nSPS) is 12.3. The van der Waals surface area contributed by atoms with E-state index in [9.17, 15) is 9.90 Å². The van der Waals surface area contributed by atoms with Gasteiger partial charge in [0.05, 0.1) is 13.2 Å². The number of carboxylic acids is 1. The first kappa shape index (κ1) is 14.6. The van der Waals surface area contributed by atoms with Crippen LogP contribution in [0, 0.1) is 0 Å². The van der Waals surface area contributed by atoms with Gasteiger partial charge in [-0.05, 0) is 11.1 Å². The summed E-state index contributed by atoms with van der Waals surface area (Å²) in [6.07, 6.45) is 0. The van der Waals surface area contributed by atoms with Crippen molar-refractivity contribution in [3.8, 4) is 0 Å². The van der Waals surface area contributed by atoms with Crippen molar-refractivity contribution in [3.63, 3.8) is 0 Å². The molecule has 0 radical (unpaired) electrons. The van der Waals surface area contributed by atoms with E-state index in [-0.39, 0.29) is 0 Å². The summed E-state index contributed by atoms with van der Waals surface area (Å²) in [5, 5.41) is 12.1. The minimum Gasteiger partial charge on any atom is -0.480 e. The van der Waals surface area contributed by atoms with E-state index < -0.39 is 12.0 Å². The quantitative estimate of drug-likeness (QED) is 0.681. The molecular formula is C13H19NO4. The predicted octanol–water partition coefficient (Wildman–Crippen LogP) is 1.19. The zero-order chi connectivity index (χ0) is 13.4. The number of methoxy groups -OCH3 is 2. The fraction of sp³-hybridized carbons (Fsp3) is 0.462. The monoisotopic (exact) mass is 253 g/mol. The summed E-state index contributed by atoms with van der Waals surface area (Å²) >= 11 is 0. The molecule has 0 aliphatic rings. The maximum absolute atomic E-state index is 11.2. The molecule has 18 heavy (non-hydrogen) atoms. The van der Waals surface area contributed by atoms with Crippen LogP contribution < -0.4 is 5.32 Å². The lowest BCUT2D eigenvalue weighted by Gasteiger charge is -2.15. The fourth-order valence-corrected chi connectivity index (χ4v) is 1.63. The molecule has 1 unspecified atom stereocenters. The number of ether oxygens (including phenoxy) is 2. The van der Waals surface area contributed by atoms with Gasteiger partial charge in [-0.25, -0.2) is 0 Å². The van der Waals surface area contributed by atoms with Gasteiger partial charge in [-0.3, -0.25) is 10.1 Å². The second-order valence-electron chi connectivity index (χ2n) is 3.89. The maximum atomic E-state index is 11.2. The van der Waals surface area contributed by atoms with Gasteiger partial charge in [0.1, 0.15) is 6.04 Å². The van der Waals surface area contributed by atoms with Gasteiger partial charge in [0.2, 0.25) is 0 Å². The van der Waals surface area contributed by atoms with E-state index in [0.717, 1.165) is 11.1 Å². The maximum Gasteiger partial charge on any atom is 0.325 e. The lowest BCUT2D eigenvalue weighted by Crippen LogP contribution is -2.31. The van der Waals surface area contributed by atoms with Crippen molar-refractivity contribution in [1.29, 1.82) is 0 Å². The Kier molecular flexibility index (Phi) is 6.35. The Morgan fingerprint density at radius 1 is 1.28 bits per heavy atom. The Morgan fingerprint density at radius 2 is 1.94 bits per heavy atom. The predicted molar refractivity (Wildman–Crippen MR) is 67.4 cm³/mol. The van der Waals surface area contributed by atoms with E-state index in [1.165, 1.54) is 0 Å². The molecule has 0 bridgehead atoms. The molecule has 2 N–H and O–H groups in total. The molecule has 0 saturated carbocycles. The Morgan fingerprint density at radius 3 is 2.44 bits per heavy atom. The Hall–Kier alpha value is -1.43. The van der Waals surface area contributed by atoms with Gasteiger partial charge >= 0.3 is 5.97 Å². The molecule has 0 spiro atoms. The summed E-state index contributed by atoms with van der Waals surface area (Å²) in [5.74, 6) is -0.898. The molecular weight excluding hydrogens is 234 g/mol. The van der Waals surface area contributed by atoms with E-state index in [4.69, 9.17) is 9.47 Å². The summed E-state index contributed by atoms with van der Waals surface area (Å²) in [4.78, 5) is 11.2. The van der Waals surface area contributed by atoms with E-state index in [1.54, 1.807) is 26.4 Å². The minimum absolute atomic E-state index is 0.478. The SMILES string of the molecule is COCCNC(C(=O)O)c1ccc(COC)cc1. The molecule has 0 fully saturated rings. The molecule has 1 aromatic carbocycles. The van der Waals surface area contributed by atoms with E-state index in [0.29, 0.717) is 19.8 Å². The first-order chi connectivity index (χ1) is 8.69. The molecule has 5 heteroatoms. The van der Waals surface area contributed by atoms with Crippen LogP contribution in [0.15, 0.2) is 24.3 Å². The van der Waals surface area contributed by atoms with Gasteiger partial charge in [-0.2, -0.15) is 0 Å². The van der Waals surface area contributed by atoms with Crippen LogP contribution in [0.1, 0.15) is 17.2 Å². The van der Waals surface area contributed by atoms with Crippen molar-refractivity contribution in [1.82, 2.24) is 5.32 Å². The average molecular weight is 253 g/mol. The molecule has 0 saturated heterocycles. The largest absolute Gasteiger partial charge is 0.480 e. The highest BCUT2D eigenvalue weighted by Gasteiger charge is 2.18. The zero-order valence-electron chi connectivity index (χ0n) is 10.7. The van der Waals surface area contributed by atoms with Crippen molar-refractivity contribution in [2.45, 2.75) is 12.6 Å². The Bertz CT molecular complexity index is 364. The van der Waals surface area contributed by atoms with E-state index in [1.807, 2.05) is 12.1 Å². The molecule has 0 amide bonds. The number of carboxylic acid groups (broad SMARTS) is 1. The number of hydrogen-bond donors (Lipinski definition) is 2. The third kappa shape index (κ3) is 4.44. The van der Waals surface area contributed by atoms with Crippen molar-refractivity contribution in [2.24, 2.45) is 0 Å². The number of rotatable bonds is 8. The Labute approximate surface area is 107 Å². The summed E-state index contributed by atoms with van der Waals surface area (Å²) < 4.78 is 9.89. The summed E-state index contributed by atoms with van der Waals surface area (Å²) in [7, 11) is 3.21. The van der Waals surface area contributed by atoms with Gasteiger partial charge in [0, 0.05) is 20.8 Å². The number of aliphatic carboxylic acids is 1. The van der Waals surface area contributed by atoms with Crippen LogP contribution in [0.25, 0.3) is 0 Å². The van der Waals surface area contributed by atoms with Gasteiger partial charge in [0.25, 0.3) is 0 Å². The fourth-order valence-electron chi connectivity index (χ4n) is 1.63. The summed E-state index contributed by atoms with van der Waals surface area (Å²) in [6.45, 7) is 1.49. The second-order valence-corrected chi connectivity index (χ2v) is 3.89. The van der Waals surface area contributed by atoms with Gasteiger partial charge in [0.15, 0.2) is 0 Å². The zero-order valence-corrected chi connectivity index (χ0v) is 10.7. The van der Waals surface area contributed by atoms with Crippen LogP contribution >= 0.6 is 0 Å². The molecule has 0 aromatic heterocycles. The van der Waals surface area contributed by atoms with Gasteiger partial charge in [-0.1, -0.05) is 24.3 Å². The van der Waals surface area contributed by atoms with Crippen molar-refractivity contribution in [3.05, 3.63) is 35.4 Å². The average Bonchev–Trinajstić information content (AvgIpc) is 2.36. The van der Waals surface area contributed by atoms with Crippen molar-refractivity contribution in [2.75, 3.05) is 27.4 Å². The van der Waals surface area contributed by atoms with Crippen LogP contribution in [0.2, 0.25) is 0 Å². The van der Waals surface area contributed by atoms with Gasteiger partial charge in [-0.15, -0.1) is 0 Å². The molecule has 5 nitrogen and oxygen atoms in total. The highest BCUT2D eigenvalue weighted by atomic mass is 16.5. The van der Waals surface area contributed by atoms with Crippen LogP contribution in [-0.4, -0.2) is 38.4 Å². The van der Waals surface area contributed by atoms with E-state index in [2.05, 4.69) is 5.32 Å². The Balaban J connectivity index is 2.69. The third-order valence-corrected chi connectivity index (χ3v) is 2.53. The lowest BCUT2D eigenvalue weighted by atomic mass is 10.1. The minimum atomic E-state index is -0.898. The molecule has 0 heterocycles. The molecule has 1 atom stereocenters. The first-order valence-electron chi connectivity index (χ1n) is 5.72. The highest BCUT2D eigenvalue weighted by Crippen LogP contribution is 2.14. The highest BCUT2D eigenvalue weighted by molar-refractivity contribution is 5.75. The standard InChI is InChI=1S/C13H19NO4/c1-17-8-7-14-12(13(15)16)11-5-3-10(4-6-11)9-18-2/h3-6,12,14H,7-9H2,1-2H3,(H,15,16). The third-order valence-electron chi connectivity index (χ3n) is 2.53. The van der Waals surface area contributed by atoms with Crippen LogP contribution in [0.4, 0.5) is 0 Å².